The highest BCUT2D eigenvalue weighted by atomic mass is 35.5. The van der Waals surface area contributed by atoms with Crippen molar-refractivity contribution in [2.24, 2.45) is 0 Å². The summed E-state index contributed by atoms with van der Waals surface area (Å²) in [5, 5.41) is 11.0. The Labute approximate surface area is 185 Å². The fourth-order valence-electron chi connectivity index (χ4n) is 3.57. The monoisotopic (exact) mass is 463 g/mol. The van der Waals surface area contributed by atoms with E-state index in [0.29, 0.717) is 32.1 Å². The van der Waals surface area contributed by atoms with E-state index >= 15 is 0 Å². The summed E-state index contributed by atoms with van der Waals surface area (Å²) in [7, 11) is 0. The number of aromatic carboxylic acids is 1. The number of alkyl halides is 3. The smallest absolute Gasteiger partial charge is 0.416 e. The third-order valence-corrected chi connectivity index (χ3v) is 5.73. The largest absolute Gasteiger partial charge is 0.477 e. The molecule has 0 spiro atoms. The van der Waals surface area contributed by atoms with Crippen LogP contribution in [0.1, 0.15) is 21.6 Å². The van der Waals surface area contributed by atoms with Gasteiger partial charge in [-0.25, -0.2) is 4.79 Å². The van der Waals surface area contributed by atoms with Crippen molar-refractivity contribution >= 4 is 40.1 Å². The molecule has 0 bridgehead atoms. The van der Waals surface area contributed by atoms with Crippen LogP contribution in [0.2, 0.25) is 10.0 Å². The molecule has 0 aliphatic rings. The lowest BCUT2D eigenvalue weighted by molar-refractivity contribution is -0.137. The Morgan fingerprint density at radius 1 is 0.935 bits per heavy atom. The van der Waals surface area contributed by atoms with E-state index in [-0.39, 0.29) is 12.2 Å². The fourth-order valence-corrected chi connectivity index (χ4v) is 3.89. The zero-order valence-electron chi connectivity index (χ0n) is 15.8. The van der Waals surface area contributed by atoms with Gasteiger partial charge < -0.3 is 9.67 Å². The lowest BCUT2D eigenvalue weighted by Gasteiger charge is -2.11. The van der Waals surface area contributed by atoms with Crippen molar-refractivity contribution in [3.05, 3.63) is 93.6 Å². The molecule has 0 aliphatic carbocycles. The molecule has 1 aromatic heterocycles. The molecule has 0 atom stereocenters. The van der Waals surface area contributed by atoms with Crippen molar-refractivity contribution in [1.82, 2.24) is 4.57 Å². The number of carboxylic acids is 1. The van der Waals surface area contributed by atoms with Gasteiger partial charge in [0, 0.05) is 17.4 Å². The van der Waals surface area contributed by atoms with Crippen LogP contribution in [-0.2, 0) is 12.7 Å². The molecule has 0 fully saturated rings. The summed E-state index contributed by atoms with van der Waals surface area (Å²) in [6, 6.07) is 16.6. The maximum atomic E-state index is 13.2. The number of carboxylic acid groups (broad SMARTS) is 1. The summed E-state index contributed by atoms with van der Waals surface area (Å²) >= 11 is 12.0. The highest BCUT2D eigenvalue weighted by molar-refractivity contribution is 6.42. The average Bonchev–Trinajstić information content (AvgIpc) is 3.09. The molecule has 31 heavy (non-hydrogen) atoms. The molecule has 8 heteroatoms. The minimum absolute atomic E-state index is 0.0144. The van der Waals surface area contributed by atoms with Gasteiger partial charge in [0.25, 0.3) is 0 Å². The zero-order chi connectivity index (χ0) is 22.3. The van der Waals surface area contributed by atoms with Crippen molar-refractivity contribution in [1.29, 1.82) is 0 Å². The number of aromatic nitrogens is 1. The lowest BCUT2D eigenvalue weighted by Crippen LogP contribution is -2.09. The predicted octanol–water partition coefficient (Wildman–Crippen LogP) is 7.38. The van der Waals surface area contributed by atoms with Crippen molar-refractivity contribution in [3.63, 3.8) is 0 Å². The first-order chi connectivity index (χ1) is 14.6. The first kappa shape index (κ1) is 21.3. The summed E-state index contributed by atoms with van der Waals surface area (Å²) in [6.07, 6.45) is -4.48. The maximum absolute atomic E-state index is 13.2. The topological polar surface area (TPSA) is 42.2 Å². The van der Waals surface area contributed by atoms with Gasteiger partial charge in [0.2, 0.25) is 0 Å². The molecule has 1 N–H and O–H groups in total. The number of carbonyl (C=O) groups is 1. The first-order valence-corrected chi connectivity index (χ1v) is 9.88. The third-order valence-electron chi connectivity index (χ3n) is 4.99. The lowest BCUT2D eigenvalue weighted by atomic mass is 9.99. The second kappa shape index (κ2) is 7.94. The number of hydrogen-bond acceptors (Lipinski definition) is 1. The Morgan fingerprint density at radius 2 is 1.68 bits per heavy atom. The Morgan fingerprint density at radius 3 is 2.35 bits per heavy atom. The molecule has 0 saturated carbocycles. The molecule has 3 nitrogen and oxygen atoms in total. The molecule has 158 valence electrons. The van der Waals surface area contributed by atoms with E-state index in [4.69, 9.17) is 23.2 Å². The van der Waals surface area contributed by atoms with Crippen LogP contribution >= 0.6 is 23.2 Å². The van der Waals surface area contributed by atoms with E-state index < -0.39 is 17.7 Å². The molecule has 4 aromatic rings. The molecule has 1 heterocycles. The van der Waals surface area contributed by atoms with Crippen LogP contribution in [0.4, 0.5) is 13.2 Å². The van der Waals surface area contributed by atoms with E-state index in [1.807, 2.05) is 0 Å². The van der Waals surface area contributed by atoms with Crippen LogP contribution in [0.5, 0.6) is 0 Å². The van der Waals surface area contributed by atoms with Crippen molar-refractivity contribution in [3.8, 4) is 11.1 Å². The van der Waals surface area contributed by atoms with Crippen molar-refractivity contribution in [2.75, 3.05) is 0 Å². The highest BCUT2D eigenvalue weighted by Gasteiger charge is 2.30. The standard InChI is InChI=1S/C23H14Cl2F3NO2/c24-18-8-7-13(9-19(18)25)12-29-20-6-2-5-16(17(20)11-21(29)22(30)31)14-3-1-4-15(10-14)23(26,27)28/h1-11H,12H2,(H,30,31). The van der Waals surface area contributed by atoms with Gasteiger partial charge in [-0.1, -0.05) is 53.5 Å². The van der Waals surface area contributed by atoms with Gasteiger partial charge in [-0.2, -0.15) is 13.2 Å². The maximum Gasteiger partial charge on any atom is 0.416 e. The minimum atomic E-state index is -4.48. The van der Waals surface area contributed by atoms with Crippen LogP contribution in [0.3, 0.4) is 0 Å². The summed E-state index contributed by atoms with van der Waals surface area (Å²) in [4.78, 5) is 11.9. The summed E-state index contributed by atoms with van der Waals surface area (Å²) < 4.78 is 41.1. The van der Waals surface area contributed by atoms with Crippen molar-refractivity contribution < 1.29 is 23.1 Å². The van der Waals surface area contributed by atoms with Gasteiger partial charge in [-0.3, -0.25) is 0 Å². The van der Waals surface area contributed by atoms with Gasteiger partial charge in [0.15, 0.2) is 0 Å². The molecule has 0 radical (unpaired) electrons. The summed E-state index contributed by atoms with van der Waals surface area (Å²) in [5.74, 6) is -1.15. The third kappa shape index (κ3) is 4.13. The Bertz CT molecular complexity index is 1310. The highest BCUT2D eigenvalue weighted by Crippen LogP contribution is 2.36. The number of halogens is 5. The molecule has 0 unspecified atom stereocenters. The second-order valence-electron chi connectivity index (χ2n) is 6.99. The number of rotatable bonds is 4. The summed E-state index contributed by atoms with van der Waals surface area (Å²) in [5.41, 5.74) is 1.43. The van der Waals surface area contributed by atoms with Gasteiger partial charge in [-0.05, 0) is 53.1 Å². The Balaban J connectivity index is 1.89. The van der Waals surface area contributed by atoms with Crippen LogP contribution in [0.15, 0.2) is 66.7 Å². The van der Waals surface area contributed by atoms with E-state index in [2.05, 4.69) is 0 Å². The zero-order valence-corrected chi connectivity index (χ0v) is 17.3. The van der Waals surface area contributed by atoms with Crippen LogP contribution in [-0.4, -0.2) is 15.6 Å². The molecule has 3 aromatic carbocycles. The van der Waals surface area contributed by atoms with Crippen LogP contribution in [0, 0.1) is 0 Å². The van der Waals surface area contributed by atoms with Crippen LogP contribution < -0.4 is 0 Å². The molecule has 0 aliphatic heterocycles. The number of fused-ring (bicyclic) bond motifs is 1. The first-order valence-electron chi connectivity index (χ1n) is 9.12. The summed E-state index contributed by atoms with van der Waals surface area (Å²) in [6.45, 7) is 0.202. The Kier molecular flexibility index (Phi) is 5.45. The van der Waals surface area contributed by atoms with Gasteiger partial charge in [0.1, 0.15) is 5.69 Å². The van der Waals surface area contributed by atoms with Gasteiger partial charge in [-0.15, -0.1) is 0 Å². The normalized spacial score (nSPS) is 11.8. The molecular weight excluding hydrogens is 450 g/mol. The molecule has 0 saturated heterocycles. The second-order valence-corrected chi connectivity index (χ2v) is 7.80. The SMILES string of the molecule is O=C(O)c1cc2c(-c3cccc(C(F)(F)F)c3)cccc2n1Cc1ccc(Cl)c(Cl)c1. The quantitative estimate of drug-likeness (QED) is 0.343. The molecular formula is C23H14Cl2F3NO2. The predicted molar refractivity (Wildman–Crippen MR) is 115 cm³/mol. The van der Waals surface area contributed by atoms with E-state index in [1.54, 1.807) is 47.0 Å². The number of benzene rings is 3. The van der Waals surface area contributed by atoms with Crippen LogP contribution in [0.25, 0.3) is 22.0 Å². The van der Waals surface area contributed by atoms with Gasteiger partial charge in [0.05, 0.1) is 15.6 Å². The van der Waals surface area contributed by atoms with E-state index in [0.717, 1.165) is 17.7 Å². The Hall–Kier alpha value is -2.96. The van der Waals surface area contributed by atoms with Gasteiger partial charge >= 0.3 is 12.1 Å². The minimum Gasteiger partial charge on any atom is -0.477 e. The number of hydrogen-bond donors (Lipinski definition) is 1. The van der Waals surface area contributed by atoms with E-state index in [1.165, 1.54) is 12.1 Å². The fraction of sp³-hybridized carbons (Fsp3) is 0.0870. The molecule has 0 amide bonds. The van der Waals surface area contributed by atoms with E-state index in [9.17, 15) is 23.1 Å². The number of nitrogens with zero attached hydrogens (tertiary/aromatic N) is 1. The van der Waals surface area contributed by atoms with Crippen molar-refractivity contribution in [2.45, 2.75) is 12.7 Å². The molecule has 4 rings (SSSR count). The average molecular weight is 464 g/mol.